The number of fused-ring (bicyclic) bond motifs is 1. The molecule has 1 aliphatic rings. The van der Waals surface area contributed by atoms with Crippen LogP contribution in [-0.4, -0.2) is 43.9 Å². The molecule has 0 bridgehead atoms. The molecule has 0 fully saturated rings. The number of ether oxygens (including phenoxy) is 1. The van der Waals surface area contributed by atoms with Gasteiger partial charge < -0.3 is 20.1 Å². The molecule has 0 spiro atoms. The van der Waals surface area contributed by atoms with Gasteiger partial charge in [-0.3, -0.25) is 4.79 Å². The SMILES string of the molecule is CC(C)C(CCO)NC(=O)c1ccc2c(c1)N(C)CCO2. The number of amides is 1. The zero-order valence-electron chi connectivity index (χ0n) is 12.9. The van der Waals surface area contributed by atoms with E-state index in [2.05, 4.69) is 10.2 Å². The molecule has 5 heteroatoms. The molecule has 1 unspecified atom stereocenters. The van der Waals surface area contributed by atoms with E-state index in [1.165, 1.54) is 0 Å². The molecule has 1 amide bonds. The van der Waals surface area contributed by atoms with Crippen molar-refractivity contribution >= 4 is 11.6 Å². The van der Waals surface area contributed by atoms with Crippen LogP contribution in [0.4, 0.5) is 5.69 Å². The number of anilines is 1. The van der Waals surface area contributed by atoms with Crippen LogP contribution in [0, 0.1) is 5.92 Å². The molecule has 0 saturated heterocycles. The van der Waals surface area contributed by atoms with Gasteiger partial charge in [0.05, 0.1) is 12.2 Å². The summed E-state index contributed by atoms with van der Waals surface area (Å²) in [5, 5.41) is 12.1. The Kier molecular flexibility index (Phi) is 5.07. The Balaban J connectivity index is 2.14. The molecule has 1 aliphatic heterocycles. The van der Waals surface area contributed by atoms with Gasteiger partial charge in [0, 0.05) is 25.3 Å². The van der Waals surface area contributed by atoms with Gasteiger partial charge in [-0.25, -0.2) is 0 Å². The number of nitrogens with one attached hydrogen (secondary N) is 1. The number of carbonyl (C=O) groups excluding carboxylic acids is 1. The predicted octanol–water partition coefficient (Wildman–Crippen LogP) is 1.65. The second-order valence-corrected chi connectivity index (χ2v) is 5.79. The van der Waals surface area contributed by atoms with E-state index in [4.69, 9.17) is 9.84 Å². The highest BCUT2D eigenvalue weighted by Gasteiger charge is 2.20. The van der Waals surface area contributed by atoms with Gasteiger partial charge in [0.25, 0.3) is 5.91 Å². The van der Waals surface area contributed by atoms with Crippen molar-refractivity contribution in [1.29, 1.82) is 0 Å². The minimum atomic E-state index is -0.107. The zero-order chi connectivity index (χ0) is 15.4. The van der Waals surface area contributed by atoms with E-state index in [1.54, 1.807) is 6.07 Å². The fourth-order valence-corrected chi connectivity index (χ4v) is 2.45. The van der Waals surface area contributed by atoms with Crippen molar-refractivity contribution in [3.8, 4) is 5.75 Å². The summed E-state index contributed by atoms with van der Waals surface area (Å²) in [7, 11) is 1.99. The summed E-state index contributed by atoms with van der Waals surface area (Å²) in [6, 6.07) is 5.47. The molecule has 5 nitrogen and oxygen atoms in total. The maximum Gasteiger partial charge on any atom is 0.251 e. The van der Waals surface area contributed by atoms with E-state index in [0.29, 0.717) is 18.6 Å². The lowest BCUT2D eigenvalue weighted by Gasteiger charge is -2.28. The number of aliphatic hydroxyl groups is 1. The van der Waals surface area contributed by atoms with Gasteiger partial charge in [-0.2, -0.15) is 0 Å². The Hall–Kier alpha value is -1.75. The number of aliphatic hydroxyl groups excluding tert-OH is 1. The standard InChI is InChI=1S/C16H24N2O3/c1-11(2)13(6-8-19)17-16(20)12-4-5-15-14(10-12)18(3)7-9-21-15/h4-5,10-11,13,19H,6-9H2,1-3H3,(H,17,20). The summed E-state index contributed by atoms with van der Waals surface area (Å²) in [6.07, 6.45) is 0.567. The monoisotopic (exact) mass is 292 g/mol. The van der Waals surface area contributed by atoms with Gasteiger partial charge in [-0.15, -0.1) is 0 Å². The third kappa shape index (κ3) is 3.67. The lowest BCUT2D eigenvalue weighted by atomic mass is 10.0. The van der Waals surface area contributed by atoms with Crippen LogP contribution in [0.1, 0.15) is 30.6 Å². The Morgan fingerprint density at radius 1 is 1.48 bits per heavy atom. The van der Waals surface area contributed by atoms with Crippen molar-refractivity contribution in [3.63, 3.8) is 0 Å². The molecule has 1 heterocycles. The highest BCUT2D eigenvalue weighted by Crippen LogP contribution is 2.31. The average molecular weight is 292 g/mol. The number of hydrogen-bond acceptors (Lipinski definition) is 4. The van der Waals surface area contributed by atoms with Crippen LogP contribution in [0.2, 0.25) is 0 Å². The van der Waals surface area contributed by atoms with Crippen LogP contribution in [0.3, 0.4) is 0 Å². The molecule has 0 saturated carbocycles. The first-order chi connectivity index (χ1) is 10.0. The molecule has 1 aromatic rings. The van der Waals surface area contributed by atoms with Gasteiger partial charge >= 0.3 is 0 Å². The lowest BCUT2D eigenvalue weighted by Crippen LogP contribution is -2.39. The largest absolute Gasteiger partial charge is 0.490 e. The number of carbonyl (C=O) groups is 1. The summed E-state index contributed by atoms with van der Waals surface area (Å²) in [6.45, 7) is 5.63. The molecular formula is C16H24N2O3. The first-order valence-electron chi connectivity index (χ1n) is 7.42. The maximum absolute atomic E-state index is 12.4. The summed E-state index contributed by atoms with van der Waals surface area (Å²) in [5.74, 6) is 0.990. The van der Waals surface area contributed by atoms with Crippen LogP contribution in [0.25, 0.3) is 0 Å². The minimum absolute atomic E-state index is 0.0208. The van der Waals surface area contributed by atoms with Crippen molar-refractivity contribution in [1.82, 2.24) is 5.32 Å². The number of benzene rings is 1. The molecule has 2 rings (SSSR count). The first kappa shape index (κ1) is 15.6. The van der Waals surface area contributed by atoms with E-state index in [0.717, 1.165) is 18.0 Å². The molecule has 0 aromatic heterocycles. The number of rotatable bonds is 5. The lowest BCUT2D eigenvalue weighted by molar-refractivity contribution is 0.0916. The van der Waals surface area contributed by atoms with E-state index >= 15 is 0 Å². The van der Waals surface area contributed by atoms with E-state index in [1.807, 2.05) is 33.0 Å². The molecule has 2 N–H and O–H groups in total. The Labute approximate surface area is 125 Å². The Bertz CT molecular complexity index is 502. The molecule has 0 aliphatic carbocycles. The van der Waals surface area contributed by atoms with Crippen molar-refractivity contribution in [3.05, 3.63) is 23.8 Å². The molecule has 0 radical (unpaired) electrons. The van der Waals surface area contributed by atoms with Gasteiger partial charge in [0.15, 0.2) is 0 Å². The van der Waals surface area contributed by atoms with Gasteiger partial charge in [0.1, 0.15) is 12.4 Å². The highest BCUT2D eigenvalue weighted by molar-refractivity contribution is 5.96. The fourth-order valence-electron chi connectivity index (χ4n) is 2.45. The molecule has 116 valence electrons. The maximum atomic E-state index is 12.4. The summed E-state index contributed by atoms with van der Waals surface area (Å²) >= 11 is 0. The topological polar surface area (TPSA) is 61.8 Å². The second-order valence-electron chi connectivity index (χ2n) is 5.79. The van der Waals surface area contributed by atoms with E-state index in [9.17, 15) is 4.79 Å². The minimum Gasteiger partial charge on any atom is -0.490 e. The normalized spacial score (nSPS) is 15.4. The van der Waals surface area contributed by atoms with E-state index < -0.39 is 0 Å². The summed E-state index contributed by atoms with van der Waals surface area (Å²) < 4.78 is 5.58. The van der Waals surface area contributed by atoms with Crippen molar-refractivity contribution in [2.24, 2.45) is 5.92 Å². The Morgan fingerprint density at radius 2 is 2.24 bits per heavy atom. The van der Waals surface area contributed by atoms with Gasteiger partial charge in [-0.05, 0) is 30.5 Å². The van der Waals surface area contributed by atoms with Crippen LogP contribution >= 0.6 is 0 Å². The van der Waals surface area contributed by atoms with Crippen molar-refractivity contribution in [2.45, 2.75) is 26.3 Å². The number of hydrogen-bond donors (Lipinski definition) is 2. The van der Waals surface area contributed by atoms with Crippen LogP contribution in [0.5, 0.6) is 5.75 Å². The molecule has 21 heavy (non-hydrogen) atoms. The predicted molar refractivity (Wildman–Crippen MR) is 83.0 cm³/mol. The fraction of sp³-hybridized carbons (Fsp3) is 0.562. The second kappa shape index (κ2) is 6.80. The van der Waals surface area contributed by atoms with E-state index in [-0.39, 0.29) is 24.5 Å². The van der Waals surface area contributed by atoms with Crippen LogP contribution in [0.15, 0.2) is 18.2 Å². The van der Waals surface area contributed by atoms with Crippen molar-refractivity contribution < 1.29 is 14.6 Å². The average Bonchev–Trinajstić information content (AvgIpc) is 2.46. The number of likely N-dealkylation sites (N-methyl/N-ethyl adjacent to an activating group) is 1. The van der Waals surface area contributed by atoms with Crippen molar-refractivity contribution in [2.75, 3.05) is 31.7 Å². The quantitative estimate of drug-likeness (QED) is 0.866. The highest BCUT2D eigenvalue weighted by atomic mass is 16.5. The first-order valence-corrected chi connectivity index (χ1v) is 7.42. The third-order valence-corrected chi connectivity index (χ3v) is 3.88. The molecule has 1 atom stereocenters. The smallest absolute Gasteiger partial charge is 0.251 e. The van der Waals surface area contributed by atoms with Gasteiger partial charge in [0.2, 0.25) is 0 Å². The summed E-state index contributed by atoms with van der Waals surface area (Å²) in [4.78, 5) is 14.5. The van der Waals surface area contributed by atoms with Gasteiger partial charge in [-0.1, -0.05) is 13.8 Å². The van der Waals surface area contributed by atoms with Crippen LogP contribution in [-0.2, 0) is 0 Å². The Morgan fingerprint density at radius 3 is 2.90 bits per heavy atom. The molecular weight excluding hydrogens is 268 g/mol. The van der Waals surface area contributed by atoms with Crippen LogP contribution < -0.4 is 15.0 Å². The zero-order valence-corrected chi connectivity index (χ0v) is 12.9. The molecule has 1 aromatic carbocycles. The number of nitrogens with zero attached hydrogens (tertiary/aromatic N) is 1. The summed E-state index contributed by atoms with van der Waals surface area (Å²) in [5.41, 5.74) is 1.56. The third-order valence-electron chi connectivity index (χ3n) is 3.88.